The molecule has 0 heterocycles. The number of allylic oxidation sites excluding steroid dienone is 2. The standard InChI is InChI=1S/C17H21ClOS/c1-6-17(19-5)14(4)20-11-12(2)9-15-10-16(18)8-7-13(15)3/h6-8,10-11H,4,9H2,1-3,5H3/b12-11+,17-6+. The predicted molar refractivity (Wildman–Crippen MR) is 91.1 cm³/mol. The van der Waals surface area contributed by atoms with Gasteiger partial charge in [-0.25, -0.2) is 0 Å². The van der Waals surface area contributed by atoms with Gasteiger partial charge < -0.3 is 4.74 Å². The van der Waals surface area contributed by atoms with E-state index in [1.807, 2.05) is 25.1 Å². The molecule has 1 aromatic carbocycles. The molecule has 0 saturated carbocycles. The van der Waals surface area contributed by atoms with Gasteiger partial charge in [0.1, 0.15) is 5.76 Å². The molecule has 1 nitrogen and oxygen atoms in total. The molecule has 0 amide bonds. The maximum atomic E-state index is 6.04. The lowest BCUT2D eigenvalue weighted by atomic mass is 10.0. The van der Waals surface area contributed by atoms with Gasteiger partial charge in [-0.1, -0.05) is 41.6 Å². The number of rotatable bonds is 6. The third-order valence-corrected chi connectivity index (χ3v) is 4.18. The van der Waals surface area contributed by atoms with E-state index in [-0.39, 0.29) is 0 Å². The van der Waals surface area contributed by atoms with Crippen molar-refractivity contribution < 1.29 is 4.74 Å². The molecular formula is C17H21ClOS. The molecule has 0 fully saturated rings. The van der Waals surface area contributed by atoms with Crippen molar-refractivity contribution in [2.24, 2.45) is 0 Å². The zero-order valence-electron chi connectivity index (χ0n) is 12.5. The molecule has 0 radical (unpaired) electrons. The third kappa shape index (κ3) is 5.10. The van der Waals surface area contributed by atoms with Gasteiger partial charge in [-0.15, -0.1) is 0 Å². The number of methoxy groups -OCH3 is 1. The Morgan fingerprint density at radius 1 is 1.45 bits per heavy atom. The molecule has 0 bridgehead atoms. The van der Waals surface area contributed by atoms with Crippen LogP contribution in [0.25, 0.3) is 0 Å². The Bertz CT molecular complexity index is 544. The number of benzene rings is 1. The van der Waals surface area contributed by atoms with Crippen molar-refractivity contribution in [2.45, 2.75) is 27.2 Å². The number of aryl methyl sites for hydroxylation is 1. The van der Waals surface area contributed by atoms with Crippen LogP contribution in [0.5, 0.6) is 0 Å². The van der Waals surface area contributed by atoms with Gasteiger partial charge in [0.15, 0.2) is 0 Å². The van der Waals surface area contributed by atoms with Crippen molar-refractivity contribution in [3.8, 4) is 0 Å². The molecular weight excluding hydrogens is 288 g/mol. The first-order valence-corrected chi connectivity index (χ1v) is 7.70. The van der Waals surface area contributed by atoms with E-state index < -0.39 is 0 Å². The van der Waals surface area contributed by atoms with Gasteiger partial charge in [-0.3, -0.25) is 0 Å². The quantitative estimate of drug-likeness (QED) is 0.478. The summed E-state index contributed by atoms with van der Waals surface area (Å²) in [7, 11) is 1.66. The first-order chi connectivity index (χ1) is 9.47. The Labute approximate surface area is 131 Å². The van der Waals surface area contributed by atoms with E-state index in [0.717, 1.165) is 22.1 Å². The molecule has 0 aromatic heterocycles. The summed E-state index contributed by atoms with van der Waals surface area (Å²) in [5.74, 6) is 0.818. The number of thioether (sulfide) groups is 1. The predicted octanol–water partition coefficient (Wildman–Crippen LogP) is 5.89. The van der Waals surface area contributed by atoms with Crippen LogP contribution in [-0.4, -0.2) is 7.11 Å². The smallest absolute Gasteiger partial charge is 0.127 e. The molecule has 108 valence electrons. The molecule has 3 heteroatoms. The minimum Gasteiger partial charge on any atom is -0.496 e. The van der Waals surface area contributed by atoms with Crippen LogP contribution >= 0.6 is 23.4 Å². The van der Waals surface area contributed by atoms with Crippen molar-refractivity contribution in [1.29, 1.82) is 0 Å². The van der Waals surface area contributed by atoms with Crippen molar-refractivity contribution in [3.05, 3.63) is 68.6 Å². The lowest BCUT2D eigenvalue weighted by Gasteiger charge is -2.09. The molecule has 0 N–H and O–H groups in total. The molecule has 0 unspecified atom stereocenters. The highest BCUT2D eigenvalue weighted by atomic mass is 35.5. The number of ether oxygens (including phenoxy) is 1. The van der Waals surface area contributed by atoms with Crippen LogP contribution in [0.3, 0.4) is 0 Å². The number of halogens is 1. The van der Waals surface area contributed by atoms with Crippen molar-refractivity contribution in [1.82, 2.24) is 0 Å². The van der Waals surface area contributed by atoms with Crippen LogP contribution in [0.2, 0.25) is 5.02 Å². The van der Waals surface area contributed by atoms with Gasteiger partial charge in [-0.05, 0) is 61.9 Å². The molecule has 0 aliphatic carbocycles. The third-order valence-electron chi connectivity index (χ3n) is 2.94. The highest BCUT2D eigenvalue weighted by molar-refractivity contribution is 8.06. The largest absolute Gasteiger partial charge is 0.496 e. The van der Waals surface area contributed by atoms with Crippen molar-refractivity contribution in [2.75, 3.05) is 7.11 Å². The zero-order valence-corrected chi connectivity index (χ0v) is 14.1. The molecule has 1 rings (SSSR count). The molecule has 0 spiro atoms. The van der Waals surface area contributed by atoms with Gasteiger partial charge in [0.05, 0.1) is 7.11 Å². The Morgan fingerprint density at radius 3 is 2.75 bits per heavy atom. The topological polar surface area (TPSA) is 9.23 Å². The number of hydrogen-bond donors (Lipinski definition) is 0. The van der Waals surface area contributed by atoms with Crippen LogP contribution in [0.15, 0.2) is 52.5 Å². The Kier molecular flexibility index (Phi) is 6.97. The molecule has 20 heavy (non-hydrogen) atoms. The fourth-order valence-electron chi connectivity index (χ4n) is 1.80. The zero-order chi connectivity index (χ0) is 15.1. The molecule has 0 aliphatic heterocycles. The summed E-state index contributed by atoms with van der Waals surface area (Å²) in [6, 6.07) is 6.01. The molecule has 1 aromatic rings. The van der Waals surface area contributed by atoms with E-state index in [0.29, 0.717) is 0 Å². The van der Waals surface area contributed by atoms with Crippen LogP contribution in [0, 0.1) is 6.92 Å². The van der Waals surface area contributed by atoms with Crippen LogP contribution in [0.4, 0.5) is 0 Å². The maximum Gasteiger partial charge on any atom is 0.127 e. The van der Waals surface area contributed by atoms with E-state index in [4.69, 9.17) is 16.3 Å². The van der Waals surface area contributed by atoms with Crippen molar-refractivity contribution >= 4 is 23.4 Å². The first kappa shape index (κ1) is 16.9. The highest BCUT2D eigenvalue weighted by Gasteiger charge is 2.03. The van der Waals surface area contributed by atoms with Gasteiger partial charge in [0.25, 0.3) is 0 Å². The average Bonchev–Trinajstić information content (AvgIpc) is 2.42. The summed E-state index contributed by atoms with van der Waals surface area (Å²) >= 11 is 7.63. The van der Waals surface area contributed by atoms with Gasteiger partial charge in [0.2, 0.25) is 0 Å². The summed E-state index contributed by atoms with van der Waals surface area (Å²) in [6.07, 6.45) is 2.81. The lowest BCUT2D eigenvalue weighted by Crippen LogP contribution is -1.91. The average molecular weight is 309 g/mol. The monoisotopic (exact) mass is 308 g/mol. The minimum atomic E-state index is 0.783. The lowest BCUT2D eigenvalue weighted by molar-refractivity contribution is 0.304. The van der Waals surface area contributed by atoms with Crippen LogP contribution in [0.1, 0.15) is 25.0 Å². The Hall–Kier alpha value is -1.12. The summed E-state index contributed by atoms with van der Waals surface area (Å²) < 4.78 is 5.24. The van der Waals surface area contributed by atoms with Crippen LogP contribution in [-0.2, 0) is 11.2 Å². The normalized spacial score (nSPS) is 12.4. The van der Waals surface area contributed by atoms with Gasteiger partial charge >= 0.3 is 0 Å². The van der Waals surface area contributed by atoms with E-state index in [1.54, 1.807) is 18.9 Å². The Balaban J connectivity index is 2.71. The van der Waals surface area contributed by atoms with Gasteiger partial charge in [-0.2, -0.15) is 0 Å². The second-order valence-electron chi connectivity index (χ2n) is 4.61. The maximum absolute atomic E-state index is 6.04. The van der Waals surface area contributed by atoms with E-state index in [9.17, 15) is 0 Å². The summed E-state index contributed by atoms with van der Waals surface area (Å²) in [5.41, 5.74) is 3.79. The minimum absolute atomic E-state index is 0.783. The molecule has 0 saturated heterocycles. The van der Waals surface area contributed by atoms with E-state index in [1.165, 1.54) is 16.7 Å². The van der Waals surface area contributed by atoms with E-state index >= 15 is 0 Å². The first-order valence-electron chi connectivity index (χ1n) is 6.44. The summed E-state index contributed by atoms with van der Waals surface area (Å²) in [6.45, 7) is 10.2. The molecule has 0 aliphatic rings. The number of hydrogen-bond acceptors (Lipinski definition) is 2. The molecule has 0 atom stereocenters. The summed E-state index contributed by atoms with van der Waals surface area (Å²) in [5, 5.41) is 2.90. The summed E-state index contributed by atoms with van der Waals surface area (Å²) in [4.78, 5) is 0.914. The second kappa shape index (κ2) is 8.23. The van der Waals surface area contributed by atoms with E-state index in [2.05, 4.69) is 31.9 Å². The van der Waals surface area contributed by atoms with Crippen LogP contribution < -0.4 is 0 Å². The fourth-order valence-corrected chi connectivity index (χ4v) is 2.73. The fraction of sp³-hybridized carbons (Fsp3) is 0.294. The Morgan fingerprint density at radius 2 is 2.15 bits per heavy atom. The van der Waals surface area contributed by atoms with Crippen molar-refractivity contribution in [3.63, 3.8) is 0 Å². The van der Waals surface area contributed by atoms with Gasteiger partial charge in [0, 0.05) is 9.93 Å². The second-order valence-corrected chi connectivity index (χ2v) is 6.01. The SMILES string of the molecule is C=C(S/C=C(\C)Cc1cc(Cl)ccc1C)/C(=C\C)OC. The highest BCUT2D eigenvalue weighted by Crippen LogP contribution is 2.26.